The summed E-state index contributed by atoms with van der Waals surface area (Å²) in [5, 5.41) is 0. The van der Waals surface area contributed by atoms with Gasteiger partial charge < -0.3 is 4.74 Å². The third-order valence-electron chi connectivity index (χ3n) is 4.15. The molecule has 0 aliphatic heterocycles. The molecule has 2 aliphatic carbocycles. The molecular formula is C13H20O2. The van der Waals surface area contributed by atoms with Gasteiger partial charge in [0.1, 0.15) is 5.78 Å². The van der Waals surface area contributed by atoms with E-state index in [0.717, 1.165) is 0 Å². The highest BCUT2D eigenvalue weighted by Gasteiger charge is 2.73. The summed E-state index contributed by atoms with van der Waals surface area (Å²) in [6.07, 6.45) is 0.680. The third kappa shape index (κ3) is 1.17. The molecule has 2 heteroatoms. The van der Waals surface area contributed by atoms with Gasteiger partial charge >= 0.3 is 0 Å². The van der Waals surface area contributed by atoms with E-state index in [9.17, 15) is 4.79 Å². The molecule has 0 N–H and O–H groups in total. The van der Waals surface area contributed by atoms with Gasteiger partial charge in [-0.3, -0.25) is 4.79 Å². The quantitative estimate of drug-likeness (QED) is 0.652. The fourth-order valence-electron chi connectivity index (χ4n) is 3.60. The molecule has 0 radical (unpaired) electrons. The Hall–Kier alpha value is -0.630. The number of allylic oxidation sites excluding steroid dienone is 1. The van der Waals surface area contributed by atoms with E-state index in [1.165, 1.54) is 11.1 Å². The van der Waals surface area contributed by atoms with Gasteiger partial charge in [-0.15, -0.1) is 0 Å². The van der Waals surface area contributed by atoms with E-state index < -0.39 is 0 Å². The summed E-state index contributed by atoms with van der Waals surface area (Å²) in [7, 11) is 1.72. The number of ketones is 1. The van der Waals surface area contributed by atoms with Crippen molar-refractivity contribution in [1.29, 1.82) is 0 Å². The average molecular weight is 208 g/mol. The molecule has 2 nitrogen and oxygen atoms in total. The number of hydrogen-bond donors (Lipinski definition) is 0. The minimum absolute atomic E-state index is 0.0637. The molecule has 0 heterocycles. The number of ether oxygens (including phenoxy) is 1. The second-order valence-corrected chi connectivity index (χ2v) is 5.76. The van der Waals surface area contributed by atoms with Crippen molar-refractivity contribution in [3.8, 4) is 0 Å². The molecule has 2 rings (SSSR count). The minimum Gasteiger partial charge on any atom is -0.384 e. The normalized spacial score (nSPS) is 36.7. The van der Waals surface area contributed by atoms with Crippen LogP contribution in [0.4, 0.5) is 0 Å². The number of hydrogen-bond acceptors (Lipinski definition) is 2. The van der Waals surface area contributed by atoms with Crippen molar-refractivity contribution in [3.05, 3.63) is 11.1 Å². The first kappa shape index (κ1) is 10.9. The molecule has 15 heavy (non-hydrogen) atoms. The molecule has 84 valence electrons. The predicted molar refractivity (Wildman–Crippen MR) is 59.6 cm³/mol. The SMILES string of the molecule is COC[C@@]12CC(=O)C(C)(C)[C@@H]1C2=C(C)C. The highest BCUT2D eigenvalue weighted by Crippen LogP contribution is 2.74. The molecule has 0 bridgehead atoms. The van der Waals surface area contributed by atoms with Gasteiger partial charge in [0.15, 0.2) is 0 Å². The molecule has 0 spiro atoms. The molecule has 2 atom stereocenters. The van der Waals surface area contributed by atoms with Crippen LogP contribution in [0.25, 0.3) is 0 Å². The lowest BCUT2D eigenvalue weighted by molar-refractivity contribution is -0.125. The van der Waals surface area contributed by atoms with Crippen molar-refractivity contribution in [3.63, 3.8) is 0 Å². The topological polar surface area (TPSA) is 26.3 Å². The maximum absolute atomic E-state index is 11.9. The predicted octanol–water partition coefficient (Wildman–Crippen LogP) is 2.58. The highest BCUT2D eigenvalue weighted by atomic mass is 16.5. The molecule has 0 unspecified atom stereocenters. The number of Topliss-reactive ketones (excluding diaryl/α,β-unsaturated/α-hetero) is 1. The number of carbonyl (C=O) groups excluding carboxylic acids is 1. The minimum atomic E-state index is -0.175. The molecule has 2 fully saturated rings. The Morgan fingerprint density at radius 3 is 2.53 bits per heavy atom. The summed E-state index contributed by atoms with van der Waals surface area (Å²) in [5.74, 6) is 0.831. The standard InChI is InChI=1S/C13H20O2/c1-8(2)10-11-12(3,4)9(14)6-13(10,11)7-15-5/h11H,6-7H2,1-5H3/t11-,13+/m0/s1. The van der Waals surface area contributed by atoms with Crippen LogP contribution in [-0.4, -0.2) is 19.5 Å². The van der Waals surface area contributed by atoms with Crippen LogP contribution in [0.3, 0.4) is 0 Å². The zero-order valence-corrected chi connectivity index (χ0v) is 10.3. The van der Waals surface area contributed by atoms with Gasteiger partial charge in [-0.25, -0.2) is 0 Å². The molecule has 0 amide bonds. The van der Waals surface area contributed by atoms with Crippen LogP contribution in [0.1, 0.15) is 34.1 Å². The Morgan fingerprint density at radius 2 is 2.07 bits per heavy atom. The summed E-state index contributed by atoms with van der Waals surface area (Å²) in [6, 6.07) is 0. The van der Waals surface area contributed by atoms with Gasteiger partial charge in [0, 0.05) is 30.3 Å². The van der Waals surface area contributed by atoms with Crippen LogP contribution in [0.5, 0.6) is 0 Å². The molecule has 0 aromatic rings. The van der Waals surface area contributed by atoms with E-state index in [1.54, 1.807) is 7.11 Å². The van der Waals surface area contributed by atoms with Crippen molar-refractivity contribution < 1.29 is 9.53 Å². The maximum atomic E-state index is 11.9. The summed E-state index contributed by atoms with van der Waals surface area (Å²) < 4.78 is 5.31. The average Bonchev–Trinajstić information content (AvgIpc) is 2.69. The number of methoxy groups -OCH3 is 1. The van der Waals surface area contributed by atoms with Crippen molar-refractivity contribution in [2.24, 2.45) is 16.7 Å². The second kappa shape index (κ2) is 2.94. The van der Waals surface area contributed by atoms with E-state index >= 15 is 0 Å². The fraction of sp³-hybridized carbons (Fsp3) is 0.769. The first-order valence-electron chi connectivity index (χ1n) is 5.58. The molecule has 2 saturated carbocycles. The van der Waals surface area contributed by atoms with Crippen LogP contribution < -0.4 is 0 Å². The lowest BCUT2D eigenvalue weighted by Gasteiger charge is -2.17. The van der Waals surface area contributed by atoms with E-state index in [1.807, 2.05) is 0 Å². The van der Waals surface area contributed by atoms with Crippen LogP contribution in [-0.2, 0) is 9.53 Å². The zero-order valence-electron chi connectivity index (χ0n) is 10.3. The smallest absolute Gasteiger partial charge is 0.140 e. The van der Waals surface area contributed by atoms with Crippen molar-refractivity contribution in [1.82, 2.24) is 0 Å². The van der Waals surface area contributed by atoms with Gasteiger partial charge in [-0.2, -0.15) is 0 Å². The van der Waals surface area contributed by atoms with E-state index in [-0.39, 0.29) is 10.8 Å². The molecule has 2 aliphatic rings. The Bertz CT molecular complexity index is 348. The van der Waals surface area contributed by atoms with Gasteiger partial charge in [-0.05, 0) is 13.8 Å². The lowest BCUT2D eigenvalue weighted by Crippen LogP contribution is -2.22. The van der Waals surface area contributed by atoms with Gasteiger partial charge in [0.2, 0.25) is 0 Å². The summed E-state index contributed by atoms with van der Waals surface area (Å²) in [5.41, 5.74) is 2.74. The van der Waals surface area contributed by atoms with Crippen LogP contribution in [0.15, 0.2) is 11.1 Å². The summed E-state index contributed by atoms with van der Waals surface area (Å²) in [6.45, 7) is 9.14. The van der Waals surface area contributed by atoms with Crippen LogP contribution >= 0.6 is 0 Å². The summed E-state index contributed by atoms with van der Waals surface area (Å²) >= 11 is 0. The number of rotatable bonds is 2. The van der Waals surface area contributed by atoms with Gasteiger partial charge in [0.05, 0.1) is 6.61 Å². The Labute approximate surface area is 91.7 Å². The molecule has 0 aromatic carbocycles. The number of carbonyl (C=O) groups is 1. The second-order valence-electron chi connectivity index (χ2n) is 5.76. The third-order valence-corrected chi connectivity index (χ3v) is 4.15. The van der Waals surface area contributed by atoms with Crippen molar-refractivity contribution >= 4 is 5.78 Å². The van der Waals surface area contributed by atoms with Gasteiger partial charge in [-0.1, -0.05) is 25.0 Å². The Balaban J connectivity index is 2.40. The molecule has 0 saturated heterocycles. The maximum Gasteiger partial charge on any atom is 0.140 e. The first-order valence-corrected chi connectivity index (χ1v) is 5.58. The fourth-order valence-corrected chi connectivity index (χ4v) is 3.60. The highest BCUT2D eigenvalue weighted by molar-refractivity contribution is 5.92. The Kier molecular flexibility index (Phi) is 2.13. The van der Waals surface area contributed by atoms with Crippen molar-refractivity contribution in [2.45, 2.75) is 34.1 Å². The van der Waals surface area contributed by atoms with Crippen molar-refractivity contribution in [2.75, 3.05) is 13.7 Å². The van der Waals surface area contributed by atoms with Gasteiger partial charge in [0.25, 0.3) is 0 Å². The van der Waals surface area contributed by atoms with Crippen LogP contribution in [0, 0.1) is 16.7 Å². The lowest BCUT2D eigenvalue weighted by atomic mass is 9.85. The molecular weight excluding hydrogens is 188 g/mol. The monoisotopic (exact) mass is 208 g/mol. The Morgan fingerprint density at radius 1 is 1.47 bits per heavy atom. The molecule has 0 aromatic heterocycles. The van der Waals surface area contributed by atoms with E-state index in [0.29, 0.717) is 24.7 Å². The summed E-state index contributed by atoms with van der Waals surface area (Å²) in [4.78, 5) is 11.9. The van der Waals surface area contributed by atoms with E-state index in [4.69, 9.17) is 4.74 Å². The van der Waals surface area contributed by atoms with Crippen LogP contribution in [0.2, 0.25) is 0 Å². The van der Waals surface area contributed by atoms with E-state index in [2.05, 4.69) is 27.7 Å². The first-order chi connectivity index (χ1) is 6.88. The largest absolute Gasteiger partial charge is 0.384 e. The zero-order chi connectivity index (χ0) is 11.4. The number of fused-ring (bicyclic) bond motifs is 1.